The van der Waals surface area contributed by atoms with Gasteiger partial charge in [0.25, 0.3) is 11.8 Å². The van der Waals surface area contributed by atoms with Gasteiger partial charge in [0.05, 0.1) is 22.3 Å². The molecular formula is C23H18F2N2O5S. The molecule has 0 bridgehead atoms. The highest BCUT2D eigenvalue weighted by Crippen LogP contribution is 2.32. The van der Waals surface area contributed by atoms with Crippen molar-refractivity contribution in [3.05, 3.63) is 89.0 Å². The smallest absolute Gasteiger partial charge is 0.255 e. The van der Waals surface area contributed by atoms with Crippen LogP contribution < -0.4 is 10.6 Å². The first-order valence-electron chi connectivity index (χ1n) is 9.87. The van der Waals surface area contributed by atoms with Crippen molar-refractivity contribution in [1.82, 2.24) is 5.32 Å². The molecule has 33 heavy (non-hydrogen) atoms. The average Bonchev–Trinajstić information content (AvgIpc) is 2.75. The maximum Gasteiger partial charge on any atom is 0.255 e. The van der Waals surface area contributed by atoms with Crippen LogP contribution >= 0.6 is 0 Å². The summed E-state index contributed by atoms with van der Waals surface area (Å²) in [6.45, 7) is 0. The third-order valence-corrected chi connectivity index (χ3v) is 7.05. The minimum absolute atomic E-state index is 0.0873. The van der Waals surface area contributed by atoms with Crippen LogP contribution in [0.25, 0.3) is 0 Å². The number of halogens is 2. The van der Waals surface area contributed by atoms with Crippen LogP contribution in [0.3, 0.4) is 0 Å². The normalized spacial score (nSPS) is 16.5. The molecule has 2 amide bonds. The van der Waals surface area contributed by atoms with E-state index in [4.69, 9.17) is 0 Å². The lowest BCUT2D eigenvalue weighted by Gasteiger charge is -2.26. The van der Waals surface area contributed by atoms with Gasteiger partial charge in [0.2, 0.25) is 0 Å². The van der Waals surface area contributed by atoms with Crippen LogP contribution in [0, 0.1) is 11.6 Å². The van der Waals surface area contributed by atoms with Crippen molar-refractivity contribution in [2.45, 2.75) is 17.4 Å². The molecule has 4 rings (SSSR count). The maximum absolute atomic E-state index is 13.3. The van der Waals surface area contributed by atoms with Crippen molar-refractivity contribution < 1.29 is 31.9 Å². The topological polar surface area (TPSA) is 113 Å². The number of benzene rings is 3. The highest BCUT2D eigenvalue weighted by Gasteiger charge is 2.31. The number of fused-ring (bicyclic) bond motifs is 1. The Kier molecular flexibility index (Phi) is 5.86. The van der Waals surface area contributed by atoms with Crippen LogP contribution in [-0.2, 0) is 9.84 Å². The molecule has 1 unspecified atom stereocenters. The van der Waals surface area contributed by atoms with E-state index in [9.17, 15) is 31.9 Å². The fourth-order valence-electron chi connectivity index (χ4n) is 3.67. The number of hydrogen-bond donors (Lipinski definition) is 3. The Bertz CT molecular complexity index is 1350. The number of aromatic hydroxyl groups is 1. The predicted octanol–water partition coefficient (Wildman–Crippen LogP) is 3.57. The molecule has 0 fully saturated rings. The van der Waals surface area contributed by atoms with E-state index in [1.807, 2.05) is 0 Å². The highest BCUT2D eigenvalue weighted by molar-refractivity contribution is 7.91. The molecule has 0 aromatic heterocycles. The molecule has 0 spiro atoms. The van der Waals surface area contributed by atoms with Crippen molar-refractivity contribution in [3.8, 4) is 5.75 Å². The number of anilines is 1. The summed E-state index contributed by atoms with van der Waals surface area (Å²) in [4.78, 5) is 25.1. The van der Waals surface area contributed by atoms with Gasteiger partial charge < -0.3 is 15.7 Å². The number of carbonyl (C=O) groups is 2. The molecule has 1 atom stereocenters. The quantitative estimate of drug-likeness (QED) is 0.538. The van der Waals surface area contributed by atoms with Crippen molar-refractivity contribution in [1.29, 1.82) is 0 Å². The number of phenolic OH excluding ortho intramolecular Hbond substituents is 1. The Morgan fingerprint density at radius 3 is 2.33 bits per heavy atom. The van der Waals surface area contributed by atoms with E-state index in [1.54, 1.807) is 18.2 Å². The van der Waals surface area contributed by atoms with E-state index in [-0.39, 0.29) is 33.9 Å². The molecular weight excluding hydrogens is 454 g/mol. The Hall–Kier alpha value is -3.79. The molecule has 0 aliphatic carbocycles. The van der Waals surface area contributed by atoms with Crippen molar-refractivity contribution in [2.24, 2.45) is 0 Å². The zero-order chi connectivity index (χ0) is 23.8. The van der Waals surface area contributed by atoms with Gasteiger partial charge >= 0.3 is 0 Å². The predicted molar refractivity (Wildman–Crippen MR) is 116 cm³/mol. The second-order valence-corrected chi connectivity index (χ2v) is 9.59. The first-order chi connectivity index (χ1) is 15.6. The third kappa shape index (κ3) is 4.70. The summed E-state index contributed by atoms with van der Waals surface area (Å²) in [5, 5.41) is 15.4. The van der Waals surface area contributed by atoms with Gasteiger partial charge in [0.15, 0.2) is 9.84 Å². The number of sulfone groups is 1. The summed E-state index contributed by atoms with van der Waals surface area (Å²) >= 11 is 0. The number of amides is 2. The van der Waals surface area contributed by atoms with E-state index < -0.39 is 45.1 Å². The molecule has 0 saturated heterocycles. The Labute approximate surface area is 188 Å². The van der Waals surface area contributed by atoms with E-state index in [0.717, 1.165) is 18.2 Å². The van der Waals surface area contributed by atoms with Crippen LogP contribution in [0.5, 0.6) is 5.75 Å². The number of rotatable bonds is 4. The Balaban J connectivity index is 1.50. The van der Waals surface area contributed by atoms with Gasteiger partial charge in [-0.2, -0.15) is 0 Å². The van der Waals surface area contributed by atoms with E-state index in [0.29, 0.717) is 11.6 Å². The molecule has 0 saturated carbocycles. The molecule has 0 radical (unpaired) electrons. The molecule has 3 aromatic carbocycles. The van der Waals surface area contributed by atoms with E-state index >= 15 is 0 Å². The molecule has 3 N–H and O–H groups in total. The minimum Gasteiger partial charge on any atom is -0.507 e. The third-order valence-electron chi connectivity index (χ3n) is 5.24. The fraction of sp³-hybridized carbons (Fsp3) is 0.130. The second kappa shape index (κ2) is 8.62. The molecule has 7 nitrogen and oxygen atoms in total. The van der Waals surface area contributed by atoms with Gasteiger partial charge in [-0.1, -0.05) is 18.2 Å². The molecule has 10 heteroatoms. The first-order valence-corrected chi connectivity index (χ1v) is 11.5. The molecule has 1 aliphatic rings. The van der Waals surface area contributed by atoms with Gasteiger partial charge in [-0.3, -0.25) is 9.59 Å². The lowest BCUT2D eigenvalue weighted by atomic mass is 10.0. The Morgan fingerprint density at radius 1 is 0.939 bits per heavy atom. The summed E-state index contributed by atoms with van der Waals surface area (Å²) in [6.07, 6.45) is 0.185. The summed E-state index contributed by atoms with van der Waals surface area (Å²) < 4.78 is 51.2. The lowest BCUT2D eigenvalue weighted by molar-refractivity contribution is 0.0931. The Morgan fingerprint density at radius 2 is 1.64 bits per heavy atom. The summed E-state index contributed by atoms with van der Waals surface area (Å²) in [5.74, 6) is -3.81. The van der Waals surface area contributed by atoms with Gasteiger partial charge in [0.1, 0.15) is 17.4 Å². The van der Waals surface area contributed by atoms with E-state index in [2.05, 4.69) is 10.6 Å². The molecule has 3 aromatic rings. The van der Waals surface area contributed by atoms with Crippen LogP contribution in [0.1, 0.15) is 38.7 Å². The largest absolute Gasteiger partial charge is 0.507 e. The van der Waals surface area contributed by atoms with Gasteiger partial charge in [-0.15, -0.1) is 0 Å². The summed E-state index contributed by atoms with van der Waals surface area (Å²) in [5.41, 5.74) is 0.242. The van der Waals surface area contributed by atoms with Gasteiger partial charge in [-0.25, -0.2) is 17.2 Å². The molecule has 1 aliphatic heterocycles. The minimum atomic E-state index is -3.42. The van der Waals surface area contributed by atoms with Crippen molar-refractivity contribution >= 4 is 27.3 Å². The van der Waals surface area contributed by atoms with Crippen LogP contribution in [0.2, 0.25) is 0 Å². The number of hydrogen-bond acceptors (Lipinski definition) is 5. The van der Waals surface area contributed by atoms with Crippen LogP contribution in [-0.4, -0.2) is 31.1 Å². The van der Waals surface area contributed by atoms with Crippen LogP contribution in [0.15, 0.2) is 65.6 Å². The molecule has 1 heterocycles. The number of carbonyl (C=O) groups excluding carboxylic acids is 2. The maximum atomic E-state index is 13.3. The first kappa shape index (κ1) is 22.4. The number of phenols is 1. The van der Waals surface area contributed by atoms with Crippen LogP contribution in [0.4, 0.5) is 14.5 Å². The molecule has 170 valence electrons. The highest BCUT2D eigenvalue weighted by atomic mass is 32.2. The van der Waals surface area contributed by atoms with Crippen molar-refractivity contribution in [3.63, 3.8) is 0 Å². The monoisotopic (exact) mass is 472 g/mol. The number of nitrogens with one attached hydrogen (secondary N) is 2. The zero-order valence-corrected chi connectivity index (χ0v) is 17.8. The lowest BCUT2D eigenvalue weighted by Crippen LogP contribution is -2.33. The zero-order valence-electron chi connectivity index (χ0n) is 17.0. The van der Waals surface area contributed by atoms with Gasteiger partial charge in [-0.05, 0) is 42.3 Å². The average molecular weight is 472 g/mol. The summed E-state index contributed by atoms with van der Waals surface area (Å²) in [7, 11) is -3.42. The standard InChI is InChI=1S/C23H18F2N2O5S/c24-14-9-13(10-15(25)11-14)22(29)26-16-5-6-18(20(28)12-16)23(30)27-19-7-8-33(31,32)21-4-2-1-3-17(19)21/h1-6,9-12,19,28H,7-8H2,(H,26,29)(H,27,30). The fourth-order valence-corrected chi connectivity index (χ4v) is 5.29. The SMILES string of the molecule is O=C(Nc1ccc(C(=O)NC2CCS(=O)(=O)c3ccccc32)c(O)c1)c1cc(F)cc(F)c1. The van der Waals surface area contributed by atoms with Crippen molar-refractivity contribution in [2.75, 3.05) is 11.1 Å². The van der Waals surface area contributed by atoms with E-state index in [1.165, 1.54) is 18.2 Å². The summed E-state index contributed by atoms with van der Waals surface area (Å²) in [6, 6.07) is 12.0. The second-order valence-electron chi connectivity index (χ2n) is 7.52. The van der Waals surface area contributed by atoms with Gasteiger partial charge in [0, 0.05) is 23.4 Å².